The van der Waals surface area contributed by atoms with Crippen LogP contribution in [0.1, 0.15) is 16.7 Å². The van der Waals surface area contributed by atoms with Crippen LogP contribution in [0.2, 0.25) is 0 Å². The molecular weight excluding hydrogens is 347 g/mol. The number of ether oxygens (including phenoxy) is 1. The Kier molecular flexibility index (Phi) is 4.92. The van der Waals surface area contributed by atoms with E-state index in [-0.39, 0.29) is 28.9 Å². The minimum atomic E-state index is -4.81. The highest BCUT2D eigenvalue weighted by atomic mass is 19.4. The van der Waals surface area contributed by atoms with E-state index in [1.54, 1.807) is 0 Å². The van der Waals surface area contributed by atoms with Gasteiger partial charge in [0.05, 0.1) is 5.56 Å². The molecule has 0 saturated heterocycles. The van der Waals surface area contributed by atoms with Gasteiger partial charge in [0.25, 0.3) is 5.92 Å². The van der Waals surface area contributed by atoms with Crippen molar-refractivity contribution in [2.75, 3.05) is 0 Å². The molecule has 0 heterocycles. The smallest absolute Gasteiger partial charge is 0.416 e. The molecule has 0 aliphatic heterocycles. The number of phenols is 2. The molecule has 0 aliphatic rings. The Labute approximate surface area is 139 Å². The van der Waals surface area contributed by atoms with Gasteiger partial charge >= 0.3 is 6.18 Å². The fourth-order valence-corrected chi connectivity index (χ4v) is 2.07. The summed E-state index contributed by atoms with van der Waals surface area (Å²) in [6.07, 6.45) is -4.56. The van der Waals surface area contributed by atoms with Gasteiger partial charge in [-0.1, -0.05) is 6.58 Å². The summed E-state index contributed by atoms with van der Waals surface area (Å²) >= 11 is 0. The molecule has 0 amide bonds. The first-order valence-electron chi connectivity index (χ1n) is 6.90. The lowest BCUT2D eigenvalue weighted by atomic mass is 10.0. The van der Waals surface area contributed by atoms with E-state index in [9.17, 15) is 32.2 Å². The Morgan fingerprint density at radius 3 is 1.96 bits per heavy atom. The van der Waals surface area contributed by atoms with Crippen molar-refractivity contribution in [3.8, 4) is 17.2 Å². The van der Waals surface area contributed by atoms with Crippen molar-refractivity contribution in [3.63, 3.8) is 0 Å². The number of phenolic OH excluding ortho intramolecular Hbond substituents is 2. The van der Waals surface area contributed by atoms with Crippen LogP contribution in [0, 0.1) is 0 Å². The molecule has 2 N–H and O–H groups in total. The van der Waals surface area contributed by atoms with Crippen LogP contribution in [-0.2, 0) is 18.7 Å². The number of hydrogen-bond donors (Lipinski definition) is 2. The van der Waals surface area contributed by atoms with E-state index in [0.717, 1.165) is 24.3 Å². The van der Waals surface area contributed by atoms with Gasteiger partial charge in [-0.3, -0.25) is 0 Å². The normalized spacial score (nSPS) is 12.0. The van der Waals surface area contributed by atoms with Crippen LogP contribution in [0.25, 0.3) is 0 Å². The first-order valence-corrected chi connectivity index (χ1v) is 6.90. The van der Waals surface area contributed by atoms with Gasteiger partial charge < -0.3 is 14.9 Å². The number of hydrogen-bond acceptors (Lipinski definition) is 3. The average Bonchev–Trinajstić information content (AvgIpc) is 2.51. The monoisotopic (exact) mass is 360 g/mol. The molecule has 134 valence electrons. The molecule has 0 atom stereocenters. The van der Waals surface area contributed by atoms with E-state index < -0.39 is 29.8 Å². The minimum Gasteiger partial charge on any atom is -0.508 e. The second kappa shape index (κ2) is 6.62. The van der Waals surface area contributed by atoms with Crippen LogP contribution in [-0.4, -0.2) is 10.2 Å². The summed E-state index contributed by atoms with van der Waals surface area (Å²) in [5.74, 6) is -4.32. The lowest BCUT2D eigenvalue weighted by Gasteiger charge is -2.17. The van der Waals surface area contributed by atoms with Crippen LogP contribution in [0.15, 0.2) is 49.1 Å². The molecule has 0 fully saturated rings. The summed E-state index contributed by atoms with van der Waals surface area (Å²) in [4.78, 5) is 0. The van der Waals surface area contributed by atoms with Gasteiger partial charge in [0.1, 0.15) is 23.9 Å². The minimum absolute atomic E-state index is 0.0352. The Hall–Kier alpha value is -2.77. The standard InChI is InChI=1S/C17H13F5O3/c1-2-16(18,19)11-3-10(4-12(5-11)17(20,21)22)9-25-15-7-13(23)6-14(24)8-15/h2-8,23-24H,1,9H2. The van der Waals surface area contributed by atoms with E-state index in [0.29, 0.717) is 12.1 Å². The molecule has 2 aromatic carbocycles. The van der Waals surface area contributed by atoms with Crippen molar-refractivity contribution >= 4 is 0 Å². The van der Waals surface area contributed by atoms with Crippen LogP contribution in [0.5, 0.6) is 17.2 Å². The Morgan fingerprint density at radius 2 is 1.44 bits per heavy atom. The first kappa shape index (κ1) is 18.6. The molecule has 2 aromatic rings. The third-order valence-electron chi connectivity index (χ3n) is 3.24. The fourth-order valence-electron chi connectivity index (χ4n) is 2.07. The predicted molar refractivity (Wildman–Crippen MR) is 79.6 cm³/mol. The third-order valence-corrected chi connectivity index (χ3v) is 3.24. The van der Waals surface area contributed by atoms with Crippen LogP contribution >= 0.6 is 0 Å². The van der Waals surface area contributed by atoms with Crippen LogP contribution < -0.4 is 4.74 Å². The van der Waals surface area contributed by atoms with E-state index in [1.165, 1.54) is 0 Å². The molecule has 2 rings (SSSR count). The zero-order valence-electron chi connectivity index (χ0n) is 12.6. The molecule has 0 aliphatic carbocycles. The summed E-state index contributed by atoms with van der Waals surface area (Å²) in [6.45, 7) is 2.45. The number of aromatic hydroxyl groups is 2. The summed E-state index contributed by atoms with van der Waals surface area (Å²) in [5, 5.41) is 18.7. The number of allylic oxidation sites excluding steroid dienone is 1. The lowest BCUT2D eigenvalue weighted by Crippen LogP contribution is -2.14. The summed E-state index contributed by atoms with van der Waals surface area (Å²) in [7, 11) is 0. The van der Waals surface area contributed by atoms with E-state index in [1.807, 2.05) is 0 Å². The van der Waals surface area contributed by atoms with Gasteiger partial charge in [-0.15, -0.1) is 0 Å². The maximum atomic E-state index is 13.7. The highest BCUT2D eigenvalue weighted by molar-refractivity contribution is 5.41. The molecule has 0 spiro atoms. The molecule has 3 nitrogen and oxygen atoms in total. The number of benzene rings is 2. The van der Waals surface area contributed by atoms with Crippen LogP contribution in [0.3, 0.4) is 0 Å². The van der Waals surface area contributed by atoms with Crippen molar-refractivity contribution in [2.45, 2.75) is 18.7 Å². The fraction of sp³-hybridized carbons (Fsp3) is 0.176. The molecule has 0 bridgehead atoms. The van der Waals surface area contributed by atoms with E-state index in [4.69, 9.17) is 4.74 Å². The predicted octanol–water partition coefficient (Wildman–Crippen LogP) is 4.97. The van der Waals surface area contributed by atoms with Crippen molar-refractivity contribution in [1.29, 1.82) is 0 Å². The molecule has 0 unspecified atom stereocenters. The van der Waals surface area contributed by atoms with Crippen LogP contribution in [0.4, 0.5) is 22.0 Å². The number of rotatable bonds is 5. The Balaban J connectivity index is 2.36. The zero-order valence-corrected chi connectivity index (χ0v) is 12.6. The van der Waals surface area contributed by atoms with Crippen molar-refractivity contribution in [2.24, 2.45) is 0 Å². The SMILES string of the molecule is C=CC(F)(F)c1cc(COc2cc(O)cc(O)c2)cc(C(F)(F)F)c1. The largest absolute Gasteiger partial charge is 0.508 e. The number of alkyl halides is 5. The van der Waals surface area contributed by atoms with Gasteiger partial charge in [-0.2, -0.15) is 22.0 Å². The second-order valence-electron chi connectivity index (χ2n) is 5.22. The summed E-state index contributed by atoms with van der Waals surface area (Å²) < 4.78 is 71.4. The summed E-state index contributed by atoms with van der Waals surface area (Å²) in [5.41, 5.74) is -2.27. The third kappa shape index (κ3) is 4.62. The van der Waals surface area contributed by atoms with Gasteiger partial charge in [0.2, 0.25) is 0 Å². The Morgan fingerprint density at radius 1 is 0.880 bits per heavy atom. The van der Waals surface area contributed by atoms with Gasteiger partial charge in [0.15, 0.2) is 0 Å². The lowest BCUT2D eigenvalue weighted by molar-refractivity contribution is -0.137. The average molecular weight is 360 g/mol. The maximum absolute atomic E-state index is 13.7. The number of halogens is 5. The van der Waals surface area contributed by atoms with Crippen molar-refractivity contribution in [3.05, 3.63) is 65.7 Å². The van der Waals surface area contributed by atoms with Gasteiger partial charge in [-0.25, -0.2) is 0 Å². The highest BCUT2D eigenvalue weighted by Crippen LogP contribution is 2.36. The summed E-state index contributed by atoms with van der Waals surface area (Å²) in [6, 6.07) is 5.18. The van der Waals surface area contributed by atoms with E-state index >= 15 is 0 Å². The first-order chi connectivity index (χ1) is 11.5. The van der Waals surface area contributed by atoms with Crippen molar-refractivity contribution < 1.29 is 36.9 Å². The quantitative estimate of drug-likeness (QED) is 0.584. The maximum Gasteiger partial charge on any atom is 0.416 e. The zero-order chi connectivity index (χ0) is 18.8. The molecule has 0 aromatic heterocycles. The van der Waals surface area contributed by atoms with Gasteiger partial charge in [0, 0.05) is 23.8 Å². The highest BCUT2D eigenvalue weighted by Gasteiger charge is 2.35. The molecule has 25 heavy (non-hydrogen) atoms. The molecule has 8 heteroatoms. The molecule has 0 saturated carbocycles. The molecule has 0 radical (unpaired) electrons. The Bertz CT molecular complexity index is 764. The van der Waals surface area contributed by atoms with Gasteiger partial charge in [-0.05, 0) is 29.8 Å². The van der Waals surface area contributed by atoms with E-state index in [2.05, 4.69) is 6.58 Å². The van der Waals surface area contributed by atoms with Crippen molar-refractivity contribution in [1.82, 2.24) is 0 Å². The molecular formula is C17H13F5O3. The topological polar surface area (TPSA) is 49.7 Å². The second-order valence-corrected chi connectivity index (χ2v) is 5.22.